The highest BCUT2D eigenvalue weighted by Crippen LogP contribution is 2.32. The molecule has 1 saturated heterocycles. The molecule has 1 aliphatic rings. The molecule has 0 aromatic heterocycles. The summed E-state index contributed by atoms with van der Waals surface area (Å²) in [5, 5.41) is 12.6. The number of carbonyl (C=O) groups excluding carboxylic acids is 1. The monoisotopic (exact) mass is 594 g/mol. The molecule has 0 spiro atoms. The van der Waals surface area contributed by atoms with Crippen molar-refractivity contribution in [3.05, 3.63) is 89.5 Å². The van der Waals surface area contributed by atoms with Gasteiger partial charge in [-0.3, -0.25) is 4.79 Å². The van der Waals surface area contributed by atoms with Gasteiger partial charge in [0.15, 0.2) is 9.84 Å². The molecule has 1 aliphatic heterocycles. The van der Waals surface area contributed by atoms with Crippen molar-refractivity contribution >= 4 is 21.4 Å². The number of anilines is 1. The number of aliphatic hydroxyl groups excluding tert-OH is 1. The molecule has 41 heavy (non-hydrogen) atoms. The zero-order valence-corrected chi connectivity index (χ0v) is 23.0. The highest BCUT2D eigenvalue weighted by molar-refractivity contribution is 7.91. The summed E-state index contributed by atoms with van der Waals surface area (Å²) < 4.78 is 82.2. The number of rotatable bonds is 10. The van der Waals surface area contributed by atoms with E-state index in [1.807, 2.05) is 0 Å². The molecule has 7 nitrogen and oxygen atoms in total. The summed E-state index contributed by atoms with van der Waals surface area (Å²) in [4.78, 5) is 14.8. The normalized spacial score (nSPS) is 18.2. The topological polar surface area (TPSA) is 95.9 Å². The molecule has 220 valence electrons. The Morgan fingerprint density at radius 1 is 1.05 bits per heavy atom. The standard InChI is InChI=1S/C29H30F4N2O5S/c1-2-41(38,39)26-13-5-19(6-14-26)27(18-36)34-28(37)20-3-9-22(10-4-20)35-17-25(15-23(35)16-30)40-24-11-7-21(8-12-24)29(31,32)33/h3-14,23,25,27,36H,2,15-18H2,1H3,(H,34,37)/t23-,25+,27-/m0/s1. The van der Waals surface area contributed by atoms with Crippen LogP contribution >= 0.6 is 0 Å². The summed E-state index contributed by atoms with van der Waals surface area (Å²) in [6.07, 6.45) is -4.56. The van der Waals surface area contributed by atoms with Crippen LogP contribution in [0, 0.1) is 0 Å². The lowest BCUT2D eigenvalue weighted by atomic mass is 10.1. The van der Waals surface area contributed by atoms with E-state index in [9.17, 15) is 35.9 Å². The maximum atomic E-state index is 13.8. The second-order valence-electron chi connectivity index (χ2n) is 9.69. The van der Waals surface area contributed by atoms with Crippen molar-refractivity contribution in [1.82, 2.24) is 5.32 Å². The number of nitrogens with zero attached hydrogens (tertiary/aromatic N) is 1. The highest BCUT2D eigenvalue weighted by atomic mass is 32.2. The number of benzene rings is 3. The van der Waals surface area contributed by atoms with Gasteiger partial charge in [-0.05, 0) is 66.2 Å². The van der Waals surface area contributed by atoms with Gasteiger partial charge in [0, 0.05) is 17.7 Å². The number of ether oxygens (including phenoxy) is 1. The summed E-state index contributed by atoms with van der Waals surface area (Å²) in [5.41, 5.74) is 0.698. The van der Waals surface area contributed by atoms with Gasteiger partial charge in [-0.15, -0.1) is 0 Å². The van der Waals surface area contributed by atoms with Gasteiger partial charge in [0.1, 0.15) is 18.5 Å². The van der Waals surface area contributed by atoms with E-state index in [1.54, 1.807) is 48.2 Å². The minimum Gasteiger partial charge on any atom is -0.489 e. The van der Waals surface area contributed by atoms with E-state index < -0.39 is 59.0 Å². The van der Waals surface area contributed by atoms with Crippen molar-refractivity contribution in [2.75, 3.05) is 30.5 Å². The molecule has 3 atom stereocenters. The smallest absolute Gasteiger partial charge is 0.416 e. The lowest BCUT2D eigenvalue weighted by Crippen LogP contribution is -2.32. The second-order valence-corrected chi connectivity index (χ2v) is 12.0. The number of hydrogen-bond acceptors (Lipinski definition) is 6. The fourth-order valence-corrected chi connectivity index (χ4v) is 5.58. The maximum Gasteiger partial charge on any atom is 0.416 e. The summed E-state index contributed by atoms with van der Waals surface area (Å²) in [6.45, 7) is 0.779. The van der Waals surface area contributed by atoms with Crippen LogP contribution in [0.1, 0.15) is 40.9 Å². The largest absolute Gasteiger partial charge is 0.489 e. The van der Waals surface area contributed by atoms with Gasteiger partial charge in [0.2, 0.25) is 0 Å². The van der Waals surface area contributed by atoms with Gasteiger partial charge >= 0.3 is 6.18 Å². The first-order valence-corrected chi connectivity index (χ1v) is 14.6. The maximum absolute atomic E-state index is 13.8. The number of sulfone groups is 1. The molecule has 3 aromatic rings. The van der Waals surface area contributed by atoms with E-state index in [0.29, 0.717) is 29.8 Å². The number of halogens is 4. The number of aliphatic hydroxyl groups is 1. The first-order valence-electron chi connectivity index (χ1n) is 13.0. The van der Waals surface area contributed by atoms with Crippen molar-refractivity contribution in [3.8, 4) is 5.75 Å². The van der Waals surface area contributed by atoms with Crippen LogP contribution in [-0.2, 0) is 16.0 Å². The summed E-state index contributed by atoms with van der Waals surface area (Å²) in [6, 6.07) is 15.5. The Kier molecular flexibility index (Phi) is 9.23. The molecule has 1 amide bonds. The van der Waals surface area contributed by atoms with E-state index in [4.69, 9.17) is 4.74 Å². The van der Waals surface area contributed by atoms with Gasteiger partial charge in [0.25, 0.3) is 5.91 Å². The zero-order valence-electron chi connectivity index (χ0n) is 22.1. The molecule has 0 saturated carbocycles. The van der Waals surface area contributed by atoms with E-state index in [-0.39, 0.29) is 16.4 Å². The number of nitrogens with one attached hydrogen (secondary N) is 1. The van der Waals surface area contributed by atoms with Gasteiger partial charge in [0.05, 0.1) is 41.4 Å². The molecule has 1 heterocycles. The Morgan fingerprint density at radius 2 is 1.68 bits per heavy atom. The lowest BCUT2D eigenvalue weighted by molar-refractivity contribution is -0.137. The number of carbonyl (C=O) groups is 1. The Balaban J connectivity index is 1.39. The summed E-state index contributed by atoms with van der Waals surface area (Å²) in [5.74, 6) is -0.249. The molecule has 12 heteroatoms. The number of hydrogen-bond donors (Lipinski definition) is 2. The Hall–Kier alpha value is -3.64. The SMILES string of the molecule is CCS(=O)(=O)c1ccc([C@H](CO)NC(=O)c2ccc(N3C[C@H](Oc4ccc(C(F)(F)F)cc4)C[C@H]3CF)cc2)cc1. The van der Waals surface area contributed by atoms with Crippen molar-refractivity contribution in [3.63, 3.8) is 0 Å². The van der Waals surface area contributed by atoms with E-state index in [2.05, 4.69) is 5.32 Å². The molecular formula is C29H30F4N2O5S. The third-order valence-electron chi connectivity index (χ3n) is 7.01. The van der Waals surface area contributed by atoms with Gasteiger partial charge in [-0.25, -0.2) is 12.8 Å². The van der Waals surface area contributed by atoms with Gasteiger partial charge in [-0.2, -0.15) is 13.2 Å². The second kappa shape index (κ2) is 12.5. The van der Waals surface area contributed by atoms with Crippen LogP contribution in [-0.4, -0.2) is 57.2 Å². The molecule has 0 radical (unpaired) electrons. The first-order chi connectivity index (χ1) is 19.4. The lowest BCUT2D eigenvalue weighted by Gasteiger charge is -2.24. The molecule has 1 fully saturated rings. The Bertz CT molecular complexity index is 1430. The summed E-state index contributed by atoms with van der Waals surface area (Å²) in [7, 11) is -3.38. The Labute approximate surface area is 235 Å². The average molecular weight is 595 g/mol. The minimum absolute atomic E-state index is 0.0428. The van der Waals surface area contributed by atoms with Crippen LogP contribution in [0.25, 0.3) is 0 Å². The highest BCUT2D eigenvalue weighted by Gasteiger charge is 2.34. The van der Waals surface area contributed by atoms with Crippen LogP contribution in [0.3, 0.4) is 0 Å². The molecule has 0 unspecified atom stereocenters. The van der Waals surface area contributed by atoms with Crippen molar-refractivity contribution in [1.29, 1.82) is 0 Å². The van der Waals surface area contributed by atoms with Crippen LogP contribution in [0.4, 0.5) is 23.2 Å². The van der Waals surface area contributed by atoms with Crippen LogP contribution < -0.4 is 15.0 Å². The Morgan fingerprint density at radius 3 is 2.22 bits per heavy atom. The first kappa shape index (κ1) is 30.3. The van der Waals surface area contributed by atoms with Gasteiger partial charge < -0.3 is 20.1 Å². The van der Waals surface area contributed by atoms with Crippen molar-refractivity contribution < 1.29 is 40.6 Å². The van der Waals surface area contributed by atoms with Crippen LogP contribution in [0.15, 0.2) is 77.7 Å². The minimum atomic E-state index is -4.45. The van der Waals surface area contributed by atoms with Crippen molar-refractivity contribution in [2.45, 2.75) is 42.6 Å². The third-order valence-corrected chi connectivity index (χ3v) is 8.76. The van der Waals surface area contributed by atoms with Crippen molar-refractivity contribution in [2.24, 2.45) is 0 Å². The van der Waals surface area contributed by atoms with E-state index >= 15 is 0 Å². The van der Waals surface area contributed by atoms with E-state index in [0.717, 1.165) is 12.1 Å². The molecule has 4 rings (SSSR count). The fraction of sp³-hybridized carbons (Fsp3) is 0.345. The third kappa shape index (κ3) is 7.17. The van der Waals surface area contributed by atoms with Crippen LogP contribution in [0.5, 0.6) is 5.75 Å². The molecular weight excluding hydrogens is 564 g/mol. The molecule has 3 aromatic carbocycles. The predicted octanol–water partition coefficient (Wildman–Crippen LogP) is 4.96. The predicted molar refractivity (Wildman–Crippen MR) is 145 cm³/mol. The van der Waals surface area contributed by atoms with E-state index in [1.165, 1.54) is 24.3 Å². The zero-order chi connectivity index (χ0) is 29.8. The number of amides is 1. The molecule has 0 aliphatic carbocycles. The quantitative estimate of drug-likeness (QED) is 0.323. The average Bonchev–Trinajstić information content (AvgIpc) is 3.38. The fourth-order valence-electron chi connectivity index (χ4n) is 4.69. The van der Waals surface area contributed by atoms with Crippen LogP contribution in [0.2, 0.25) is 0 Å². The number of alkyl halides is 4. The summed E-state index contributed by atoms with van der Waals surface area (Å²) >= 11 is 0. The molecule has 2 N–H and O–H groups in total. The molecule has 0 bridgehead atoms. The van der Waals surface area contributed by atoms with Gasteiger partial charge in [-0.1, -0.05) is 19.1 Å².